The van der Waals surface area contributed by atoms with Crippen LogP contribution >= 0.6 is 15.1 Å². The first-order chi connectivity index (χ1) is 10.7. The van der Waals surface area contributed by atoms with Gasteiger partial charge in [-0.3, -0.25) is 0 Å². The molecule has 0 saturated heterocycles. The topological polar surface area (TPSA) is 0 Å². The summed E-state index contributed by atoms with van der Waals surface area (Å²) in [6, 6.07) is 0. The Kier molecular flexibility index (Phi) is 4.63. The molecule has 2 unspecified atom stereocenters. The molecule has 0 N–H and O–H groups in total. The van der Waals surface area contributed by atoms with E-state index in [1.807, 2.05) is 0 Å². The third kappa shape index (κ3) is 2.67. The van der Waals surface area contributed by atoms with E-state index < -0.39 is 0 Å². The fourth-order valence-electron chi connectivity index (χ4n) is 4.57. The minimum absolute atomic E-state index is 0.0842. The molecule has 2 aromatic heterocycles. The molecule has 0 radical (unpaired) electrons. The van der Waals surface area contributed by atoms with E-state index in [1.54, 1.807) is 43.4 Å². The van der Waals surface area contributed by atoms with Gasteiger partial charge < -0.3 is 0 Å². The largest absolute Gasteiger partial charge is 0.113 e. The van der Waals surface area contributed by atoms with Crippen molar-refractivity contribution >= 4 is 15.1 Å². The van der Waals surface area contributed by atoms with Crippen LogP contribution in [0.25, 0.3) is 10.6 Å². The molecule has 126 valence electrons. The SMILES string of the molecule is Cc1c(C)c2p(c1C)C[C@H](C)C[C@@H](C)Cp1c(C)c(C)c(C)c1-2. The molecule has 0 aromatic carbocycles. The molecule has 0 spiro atoms. The summed E-state index contributed by atoms with van der Waals surface area (Å²) in [5, 5.41) is 7.03. The highest BCUT2D eigenvalue weighted by Crippen LogP contribution is 2.62. The van der Waals surface area contributed by atoms with Crippen molar-refractivity contribution in [2.75, 3.05) is 0 Å². The summed E-state index contributed by atoms with van der Waals surface area (Å²) in [6.45, 7) is 19.4. The molecule has 0 nitrogen and oxygen atoms in total. The smallest absolute Gasteiger partial charge is 0.00887 e. The van der Waals surface area contributed by atoms with Gasteiger partial charge >= 0.3 is 0 Å². The average Bonchev–Trinajstić information content (AvgIpc) is 2.83. The molecule has 2 heteroatoms. The van der Waals surface area contributed by atoms with E-state index in [-0.39, 0.29) is 15.1 Å². The van der Waals surface area contributed by atoms with Gasteiger partial charge in [0.25, 0.3) is 0 Å². The van der Waals surface area contributed by atoms with Crippen molar-refractivity contribution < 1.29 is 0 Å². The highest BCUT2D eigenvalue weighted by molar-refractivity contribution is 7.58. The van der Waals surface area contributed by atoms with E-state index >= 15 is 0 Å². The first kappa shape index (κ1) is 17.4. The molecule has 0 bridgehead atoms. The van der Waals surface area contributed by atoms with Crippen LogP contribution in [-0.4, -0.2) is 0 Å². The summed E-state index contributed by atoms with van der Waals surface area (Å²) in [5.41, 5.74) is 6.45. The summed E-state index contributed by atoms with van der Waals surface area (Å²) < 4.78 is 0. The standard InChI is InChI=1S/C21H32P2/c1-12-9-13(2)11-23-19(8)15(4)17(6)21(23)20-16(5)14(3)18(7)22(20)10-12/h12-13H,9-11H2,1-8H3/t12-,13-,22?,23?/m1/s1. The molecule has 3 heterocycles. The molecule has 23 heavy (non-hydrogen) atoms. The Morgan fingerprint density at radius 1 is 0.609 bits per heavy atom. The molecular weight excluding hydrogens is 314 g/mol. The van der Waals surface area contributed by atoms with Crippen LogP contribution in [0.1, 0.15) is 53.1 Å². The molecular formula is C21H32P2. The van der Waals surface area contributed by atoms with Crippen molar-refractivity contribution in [2.24, 2.45) is 11.8 Å². The summed E-state index contributed by atoms with van der Waals surface area (Å²) in [7, 11) is -0.168. The van der Waals surface area contributed by atoms with Crippen LogP contribution in [-0.2, 0) is 12.3 Å². The molecule has 0 aliphatic carbocycles. The second-order valence-electron chi connectivity index (χ2n) is 8.04. The Morgan fingerprint density at radius 2 is 0.957 bits per heavy atom. The molecule has 4 atom stereocenters. The third-order valence-corrected chi connectivity index (χ3v) is 12.9. The normalized spacial score (nSPS) is 23.0. The molecule has 1 aliphatic rings. The first-order valence-corrected chi connectivity index (χ1v) is 12.1. The fourth-order valence-corrected chi connectivity index (χ4v) is 11.6. The van der Waals surface area contributed by atoms with Gasteiger partial charge in [0.1, 0.15) is 0 Å². The molecule has 0 fully saturated rings. The van der Waals surface area contributed by atoms with E-state index in [0.717, 1.165) is 11.8 Å². The van der Waals surface area contributed by atoms with Crippen LogP contribution in [0.3, 0.4) is 0 Å². The summed E-state index contributed by atoms with van der Waals surface area (Å²) in [6.07, 6.45) is 4.23. The van der Waals surface area contributed by atoms with Crippen molar-refractivity contribution in [3.05, 3.63) is 32.8 Å². The van der Waals surface area contributed by atoms with Crippen molar-refractivity contribution in [2.45, 2.75) is 74.1 Å². The predicted octanol–water partition coefficient (Wildman–Crippen LogP) is 7.85. The monoisotopic (exact) mass is 346 g/mol. The maximum Gasteiger partial charge on any atom is 0.00887 e. The number of rotatable bonds is 0. The highest BCUT2D eigenvalue weighted by atomic mass is 31.1. The predicted molar refractivity (Wildman–Crippen MR) is 109 cm³/mol. The van der Waals surface area contributed by atoms with Crippen molar-refractivity contribution in [3.63, 3.8) is 0 Å². The number of hydrogen-bond donors (Lipinski definition) is 0. The van der Waals surface area contributed by atoms with Gasteiger partial charge in [-0.15, -0.1) is 15.1 Å². The molecule has 0 amide bonds. The maximum absolute atomic E-state index is 2.50. The van der Waals surface area contributed by atoms with Crippen LogP contribution in [0.4, 0.5) is 0 Å². The van der Waals surface area contributed by atoms with Crippen molar-refractivity contribution in [3.8, 4) is 10.6 Å². The van der Waals surface area contributed by atoms with E-state index in [9.17, 15) is 0 Å². The summed E-state index contributed by atoms with van der Waals surface area (Å²) in [4.78, 5) is 0. The van der Waals surface area contributed by atoms with Crippen LogP contribution in [0, 0.1) is 53.4 Å². The van der Waals surface area contributed by atoms with Crippen molar-refractivity contribution in [1.29, 1.82) is 0 Å². The Bertz CT molecular complexity index is 694. The quantitative estimate of drug-likeness (QED) is 0.455. The van der Waals surface area contributed by atoms with Crippen LogP contribution < -0.4 is 0 Å². The average molecular weight is 346 g/mol. The van der Waals surface area contributed by atoms with Crippen LogP contribution in [0.5, 0.6) is 0 Å². The first-order valence-electron chi connectivity index (χ1n) is 9.06. The minimum atomic E-state index is -0.0842. The van der Waals surface area contributed by atoms with E-state index in [1.165, 1.54) is 18.7 Å². The summed E-state index contributed by atoms with van der Waals surface area (Å²) >= 11 is 0. The lowest BCUT2D eigenvalue weighted by Crippen LogP contribution is -2.03. The van der Waals surface area contributed by atoms with Gasteiger partial charge in [-0.1, -0.05) is 13.8 Å². The van der Waals surface area contributed by atoms with Gasteiger partial charge in [-0.25, -0.2) is 0 Å². The zero-order valence-corrected chi connectivity index (χ0v) is 18.0. The summed E-state index contributed by atoms with van der Waals surface area (Å²) in [5.74, 6) is 1.72. The zero-order chi connectivity index (χ0) is 17.0. The van der Waals surface area contributed by atoms with Gasteiger partial charge in [0.05, 0.1) is 0 Å². The minimum Gasteiger partial charge on any atom is -0.113 e. The molecule has 2 aromatic rings. The Balaban J connectivity index is 2.38. The van der Waals surface area contributed by atoms with Gasteiger partial charge in [0.15, 0.2) is 0 Å². The van der Waals surface area contributed by atoms with Gasteiger partial charge in [-0.05, 0) is 105 Å². The van der Waals surface area contributed by atoms with E-state index in [4.69, 9.17) is 0 Å². The van der Waals surface area contributed by atoms with Gasteiger partial charge in [0.2, 0.25) is 0 Å². The lowest BCUT2D eigenvalue weighted by atomic mass is 10.0. The Hall–Kier alpha value is -0.440. The van der Waals surface area contributed by atoms with Crippen LogP contribution in [0.15, 0.2) is 0 Å². The molecule has 0 saturated carbocycles. The fraction of sp³-hybridized carbons (Fsp3) is 0.619. The van der Waals surface area contributed by atoms with Gasteiger partial charge in [0, 0.05) is 10.6 Å². The third-order valence-electron chi connectivity index (χ3n) is 6.29. The second-order valence-corrected chi connectivity index (χ2v) is 12.7. The number of fused-ring (bicyclic) bond motifs is 3. The van der Waals surface area contributed by atoms with E-state index in [0.29, 0.717) is 0 Å². The second kappa shape index (κ2) is 6.13. The number of hydrogen-bond acceptors (Lipinski definition) is 0. The van der Waals surface area contributed by atoms with E-state index in [2.05, 4.69) is 55.4 Å². The highest BCUT2D eigenvalue weighted by Gasteiger charge is 2.27. The molecule has 3 rings (SSSR count). The van der Waals surface area contributed by atoms with Crippen molar-refractivity contribution in [1.82, 2.24) is 0 Å². The van der Waals surface area contributed by atoms with Gasteiger partial charge in [-0.2, -0.15) is 0 Å². The maximum atomic E-state index is 2.50. The lowest BCUT2D eigenvalue weighted by Gasteiger charge is -2.17. The Morgan fingerprint density at radius 3 is 1.30 bits per heavy atom. The van der Waals surface area contributed by atoms with Crippen LogP contribution in [0.2, 0.25) is 0 Å². The lowest BCUT2D eigenvalue weighted by molar-refractivity contribution is 0.445. The molecule has 1 aliphatic heterocycles. The Labute approximate surface area is 144 Å². The zero-order valence-electron chi connectivity index (χ0n) is 16.2.